The van der Waals surface area contributed by atoms with Gasteiger partial charge in [0, 0.05) is 32.1 Å². The summed E-state index contributed by atoms with van der Waals surface area (Å²) in [5, 5.41) is 0.869. The van der Waals surface area contributed by atoms with Gasteiger partial charge in [0.15, 0.2) is 0 Å². The van der Waals surface area contributed by atoms with Crippen molar-refractivity contribution >= 4 is 47.1 Å². The maximum atomic E-state index is 12.9. The normalized spacial score (nSPS) is 18.7. The lowest BCUT2D eigenvalue weighted by atomic mass is 10.1. The summed E-state index contributed by atoms with van der Waals surface area (Å²) in [6.07, 6.45) is 8.40. The highest BCUT2D eigenvalue weighted by Crippen LogP contribution is 2.23. The van der Waals surface area contributed by atoms with Crippen LogP contribution in [0.3, 0.4) is 0 Å². The molecule has 3 rings (SSSR count). The molecule has 1 unspecified atom stereocenters. The predicted molar refractivity (Wildman–Crippen MR) is 134 cm³/mol. The van der Waals surface area contributed by atoms with E-state index in [0.29, 0.717) is 36.1 Å². The van der Waals surface area contributed by atoms with Gasteiger partial charge in [0.1, 0.15) is 6.04 Å². The molecular weight excluding hydrogens is 477 g/mol. The highest BCUT2D eigenvalue weighted by atomic mass is 35.5. The first kappa shape index (κ1) is 26.5. The molecule has 2 aliphatic rings. The number of nitrogens with zero attached hydrogens (tertiary/aromatic N) is 3. The van der Waals surface area contributed by atoms with Gasteiger partial charge in [0.25, 0.3) is 0 Å². The maximum Gasteiger partial charge on any atom is 0.328 e. The molecule has 0 aromatic heterocycles. The molecule has 34 heavy (non-hydrogen) atoms. The Labute approximate surface area is 211 Å². The number of ether oxygens (including phenoxy) is 1. The standard InChI is InChI=1S/C25H33Cl2N3O4/c1-34-25(33)22(6-5-14-28-12-3-2-4-13-28)30-17-16-29(15-11-24(30)32)23(31)10-8-19-7-9-20(26)21(27)18-19/h7-10,18,22H,2-6,11-17H2,1H3. The summed E-state index contributed by atoms with van der Waals surface area (Å²) in [6.45, 7) is 4.07. The number of hydrogen-bond acceptors (Lipinski definition) is 5. The molecular formula is C25H33Cl2N3O4. The second-order valence-electron chi connectivity index (χ2n) is 8.75. The number of amides is 2. The second kappa shape index (κ2) is 13.1. The van der Waals surface area contributed by atoms with Gasteiger partial charge in [0.05, 0.1) is 17.2 Å². The lowest BCUT2D eigenvalue weighted by molar-refractivity contribution is -0.152. The molecule has 2 amide bonds. The fourth-order valence-corrected chi connectivity index (χ4v) is 4.81. The monoisotopic (exact) mass is 509 g/mol. The van der Waals surface area contributed by atoms with Crippen LogP contribution in [-0.4, -0.2) is 84.9 Å². The van der Waals surface area contributed by atoms with E-state index in [-0.39, 0.29) is 18.2 Å². The minimum Gasteiger partial charge on any atom is -0.467 e. The topological polar surface area (TPSA) is 70.2 Å². The van der Waals surface area contributed by atoms with E-state index in [1.54, 1.807) is 34.1 Å². The summed E-state index contributed by atoms with van der Waals surface area (Å²) < 4.78 is 5.02. The van der Waals surface area contributed by atoms with Crippen LogP contribution in [-0.2, 0) is 19.1 Å². The molecule has 2 aliphatic heterocycles. The number of hydrogen-bond donors (Lipinski definition) is 0. The fraction of sp³-hybridized carbons (Fsp3) is 0.560. The van der Waals surface area contributed by atoms with Crippen molar-refractivity contribution in [2.75, 3.05) is 46.4 Å². The summed E-state index contributed by atoms with van der Waals surface area (Å²) in [6, 6.07) is 4.52. The average Bonchev–Trinajstić information content (AvgIpc) is 3.04. The number of methoxy groups -OCH3 is 1. The molecule has 186 valence electrons. The quantitative estimate of drug-likeness (QED) is 0.392. The van der Waals surface area contributed by atoms with Gasteiger partial charge in [0.2, 0.25) is 11.8 Å². The third kappa shape index (κ3) is 7.45. The zero-order valence-electron chi connectivity index (χ0n) is 19.7. The number of halogens is 2. The van der Waals surface area contributed by atoms with Crippen molar-refractivity contribution < 1.29 is 19.1 Å². The van der Waals surface area contributed by atoms with Crippen LogP contribution in [0.1, 0.15) is 44.1 Å². The van der Waals surface area contributed by atoms with E-state index in [0.717, 1.165) is 31.6 Å². The van der Waals surface area contributed by atoms with E-state index >= 15 is 0 Å². The van der Waals surface area contributed by atoms with Crippen LogP contribution in [0.5, 0.6) is 0 Å². The van der Waals surface area contributed by atoms with Crippen molar-refractivity contribution in [3.8, 4) is 0 Å². The van der Waals surface area contributed by atoms with Gasteiger partial charge in [-0.1, -0.05) is 35.7 Å². The SMILES string of the molecule is COC(=O)C(CCCN1CCCCC1)N1CCN(C(=O)C=Cc2ccc(Cl)c(Cl)c2)CCC1=O. The molecule has 1 aromatic rings. The Morgan fingerprint density at radius 3 is 2.53 bits per heavy atom. The molecule has 1 aromatic carbocycles. The van der Waals surface area contributed by atoms with Crippen molar-refractivity contribution in [2.45, 2.75) is 44.6 Å². The minimum absolute atomic E-state index is 0.128. The van der Waals surface area contributed by atoms with Crippen LogP contribution < -0.4 is 0 Å². The Morgan fingerprint density at radius 1 is 1.06 bits per heavy atom. The number of likely N-dealkylation sites (tertiary alicyclic amines) is 1. The molecule has 0 bridgehead atoms. The third-order valence-electron chi connectivity index (χ3n) is 6.45. The van der Waals surface area contributed by atoms with E-state index < -0.39 is 12.0 Å². The number of carbonyl (C=O) groups is 3. The Balaban J connectivity index is 1.58. The summed E-state index contributed by atoms with van der Waals surface area (Å²) in [5.74, 6) is -0.719. The largest absolute Gasteiger partial charge is 0.467 e. The van der Waals surface area contributed by atoms with E-state index in [4.69, 9.17) is 27.9 Å². The smallest absolute Gasteiger partial charge is 0.328 e. The van der Waals surface area contributed by atoms with Gasteiger partial charge >= 0.3 is 5.97 Å². The Morgan fingerprint density at radius 2 is 1.82 bits per heavy atom. The average molecular weight is 510 g/mol. The van der Waals surface area contributed by atoms with Crippen molar-refractivity contribution in [3.05, 3.63) is 39.9 Å². The molecule has 2 heterocycles. The van der Waals surface area contributed by atoms with Crippen molar-refractivity contribution in [2.24, 2.45) is 0 Å². The number of esters is 1. The fourth-order valence-electron chi connectivity index (χ4n) is 4.51. The minimum atomic E-state index is -0.621. The molecule has 0 saturated carbocycles. The van der Waals surface area contributed by atoms with Gasteiger partial charge in [-0.2, -0.15) is 0 Å². The highest BCUT2D eigenvalue weighted by Gasteiger charge is 2.33. The Bertz CT molecular complexity index is 902. The molecule has 2 fully saturated rings. The van der Waals surface area contributed by atoms with Gasteiger partial charge < -0.3 is 19.4 Å². The highest BCUT2D eigenvalue weighted by molar-refractivity contribution is 6.42. The number of carbonyl (C=O) groups excluding carboxylic acids is 3. The van der Waals surface area contributed by atoms with Crippen LogP contribution in [0.25, 0.3) is 6.08 Å². The van der Waals surface area contributed by atoms with Crippen molar-refractivity contribution in [1.82, 2.24) is 14.7 Å². The number of benzene rings is 1. The summed E-state index contributed by atoms with van der Waals surface area (Å²) in [4.78, 5) is 43.8. The summed E-state index contributed by atoms with van der Waals surface area (Å²) in [7, 11) is 1.35. The molecule has 0 radical (unpaired) electrons. The van der Waals surface area contributed by atoms with Crippen LogP contribution >= 0.6 is 23.2 Å². The van der Waals surface area contributed by atoms with Crippen LogP contribution in [0.15, 0.2) is 24.3 Å². The van der Waals surface area contributed by atoms with Gasteiger partial charge in [-0.15, -0.1) is 0 Å². The second-order valence-corrected chi connectivity index (χ2v) is 9.57. The van der Waals surface area contributed by atoms with Gasteiger partial charge in [-0.25, -0.2) is 4.79 Å². The lowest BCUT2D eigenvalue weighted by Gasteiger charge is -2.30. The first-order valence-electron chi connectivity index (χ1n) is 11.9. The van der Waals surface area contributed by atoms with Gasteiger partial charge in [-0.3, -0.25) is 9.59 Å². The van der Waals surface area contributed by atoms with Crippen LogP contribution in [0.4, 0.5) is 0 Å². The first-order chi connectivity index (χ1) is 16.4. The van der Waals surface area contributed by atoms with E-state index in [1.807, 2.05) is 0 Å². The molecule has 0 N–H and O–H groups in total. The van der Waals surface area contributed by atoms with Crippen LogP contribution in [0.2, 0.25) is 10.0 Å². The molecule has 0 aliphatic carbocycles. The van der Waals surface area contributed by atoms with Crippen molar-refractivity contribution in [1.29, 1.82) is 0 Å². The zero-order chi connectivity index (χ0) is 24.5. The molecule has 1 atom stereocenters. The molecule has 9 heteroatoms. The predicted octanol–water partition coefficient (Wildman–Crippen LogP) is 3.88. The van der Waals surface area contributed by atoms with E-state index in [2.05, 4.69) is 4.90 Å². The maximum absolute atomic E-state index is 12.9. The first-order valence-corrected chi connectivity index (χ1v) is 12.7. The van der Waals surface area contributed by atoms with Crippen molar-refractivity contribution in [3.63, 3.8) is 0 Å². The molecule has 0 spiro atoms. The molecule has 2 saturated heterocycles. The van der Waals surface area contributed by atoms with E-state index in [9.17, 15) is 14.4 Å². The van der Waals surface area contributed by atoms with Gasteiger partial charge in [-0.05, 0) is 69.1 Å². The zero-order valence-corrected chi connectivity index (χ0v) is 21.2. The third-order valence-corrected chi connectivity index (χ3v) is 7.19. The Hall–Kier alpha value is -2.09. The van der Waals surface area contributed by atoms with E-state index in [1.165, 1.54) is 32.4 Å². The molecule has 7 nitrogen and oxygen atoms in total. The lowest BCUT2D eigenvalue weighted by Crippen LogP contribution is -2.47. The number of piperidine rings is 1. The summed E-state index contributed by atoms with van der Waals surface area (Å²) >= 11 is 12.0. The van der Waals surface area contributed by atoms with Crippen LogP contribution in [0, 0.1) is 0 Å². The summed E-state index contributed by atoms with van der Waals surface area (Å²) in [5.41, 5.74) is 0.759. The Kier molecular flexibility index (Phi) is 10.2. The number of rotatable bonds is 8.